The van der Waals surface area contributed by atoms with Crippen molar-refractivity contribution in [3.8, 4) is 16.3 Å². The molecule has 0 unspecified atom stereocenters. The van der Waals surface area contributed by atoms with E-state index in [4.69, 9.17) is 0 Å². The van der Waals surface area contributed by atoms with E-state index in [1.54, 1.807) is 16.3 Å². The summed E-state index contributed by atoms with van der Waals surface area (Å²) in [4.78, 5) is 23.6. The summed E-state index contributed by atoms with van der Waals surface area (Å²) in [5.41, 5.74) is 2.15. The zero-order chi connectivity index (χ0) is 20.3. The third-order valence-corrected chi connectivity index (χ3v) is 5.82. The average molecular weight is 421 g/mol. The van der Waals surface area contributed by atoms with Gasteiger partial charge < -0.3 is 4.90 Å². The minimum Gasteiger partial charge on any atom is -0.340 e. The number of anilines is 2. The second kappa shape index (κ2) is 8.07. The molecule has 4 aromatic rings. The molecule has 3 aromatic heterocycles. The van der Waals surface area contributed by atoms with E-state index in [0.29, 0.717) is 17.6 Å². The lowest BCUT2D eigenvalue weighted by molar-refractivity contribution is 0.102. The van der Waals surface area contributed by atoms with Crippen LogP contribution in [0, 0.1) is 0 Å². The number of aromatic nitrogens is 6. The third kappa shape index (κ3) is 3.81. The Morgan fingerprint density at radius 1 is 1.10 bits per heavy atom. The number of carbonyl (C=O) groups is 1. The molecule has 1 amide bonds. The number of para-hydroxylation sites is 1. The lowest BCUT2D eigenvalue weighted by Crippen LogP contribution is -2.30. The zero-order valence-corrected chi connectivity index (χ0v) is 17.0. The van der Waals surface area contributed by atoms with Crippen LogP contribution in [0.2, 0.25) is 0 Å². The first-order valence-corrected chi connectivity index (χ1v) is 10.7. The minimum absolute atomic E-state index is 0.325. The number of hydrogen-bond donors (Lipinski definition) is 2. The Bertz CT molecular complexity index is 1140. The van der Waals surface area contributed by atoms with Crippen molar-refractivity contribution in [2.45, 2.75) is 19.3 Å². The number of H-pyrrole nitrogens is 1. The summed E-state index contributed by atoms with van der Waals surface area (Å²) in [5, 5.41) is 16.6. The van der Waals surface area contributed by atoms with Crippen molar-refractivity contribution in [3.63, 3.8) is 0 Å². The largest absolute Gasteiger partial charge is 0.340 e. The number of thiazole rings is 1. The van der Waals surface area contributed by atoms with E-state index >= 15 is 0 Å². The van der Waals surface area contributed by atoms with E-state index in [1.165, 1.54) is 17.8 Å². The summed E-state index contributed by atoms with van der Waals surface area (Å²) in [5.74, 6) is 0.624. The summed E-state index contributed by atoms with van der Waals surface area (Å²) < 4.78 is 1.78. The number of benzene rings is 1. The van der Waals surface area contributed by atoms with Gasteiger partial charge in [0, 0.05) is 30.2 Å². The van der Waals surface area contributed by atoms with Gasteiger partial charge in [0.25, 0.3) is 5.91 Å². The van der Waals surface area contributed by atoms with Gasteiger partial charge in [0.1, 0.15) is 10.7 Å². The number of rotatable bonds is 5. The van der Waals surface area contributed by atoms with Crippen LogP contribution in [0.25, 0.3) is 16.3 Å². The molecule has 1 aromatic carbocycles. The van der Waals surface area contributed by atoms with E-state index in [0.717, 1.165) is 42.2 Å². The molecule has 0 spiro atoms. The molecule has 0 atom stereocenters. The summed E-state index contributed by atoms with van der Waals surface area (Å²) in [6.07, 6.45) is 7.16. The molecular formula is C20H20N8OS. The third-order valence-electron chi connectivity index (χ3n) is 4.93. The predicted molar refractivity (Wildman–Crippen MR) is 115 cm³/mol. The van der Waals surface area contributed by atoms with Crippen molar-refractivity contribution < 1.29 is 4.79 Å². The smallest absolute Gasteiger partial charge is 0.277 e. The Kier molecular flexibility index (Phi) is 4.98. The number of nitrogens with one attached hydrogen (secondary N) is 2. The van der Waals surface area contributed by atoms with Crippen LogP contribution < -0.4 is 10.2 Å². The highest BCUT2D eigenvalue weighted by molar-refractivity contribution is 7.13. The maximum atomic E-state index is 12.6. The van der Waals surface area contributed by atoms with Crippen LogP contribution in [-0.2, 0) is 0 Å². The molecule has 4 heterocycles. The van der Waals surface area contributed by atoms with Crippen LogP contribution >= 0.6 is 11.3 Å². The van der Waals surface area contributed by atoms with E-state index in [-0.39, 0.29) is 5.91 Å². The molecule has 9 nitrogen and oxygen atoms in total. The molecule has 1 aliphatic rings. The number of aromatic amines is 1. The van der Waals surface area contributed by atoms with E-state index in [1.807, 2.05) is 36.5 Å². The summed E-state index contributed by atoms with van der Waals surface area (Å²) in [6, 6.07) is 9.84. The first kappa shape index (κ1) is 18.5. The van der Waals surface area contributed by atoms with Gasteiger partial charge in [0.2, 0.25) is 11.9 Å². The summed E-state index contributed by atoms with van der Waals surface area (Å²) >= 11 is 1.40. The van der Waals surface area contributed by atoms with Crippen LogP contribution in [0.3, 0.4) is 0 Å². The second-order valence-electron chi connectivity index (χ2n) is 7.03. The molecule has 2 N–H and O–H groups in total. The Hall–Kier alpha value is -3.53. The first-order chi connectivity index (χ1) is 14.8. The molecule has 0 radical (unpaired) electrons. The molecule has 10 heteroatoms. The van der Waals surface area contributed by atoms with Gasteiger partial charge in [-0.25, -0.2) is 14.8 Å². The van der Waals surface area contributed by atoms with Gasteiger partial charge in [0.05, 0.1) is 11.9 Å². The lowest BCUT2D eigenvalue weighted by atomic mass is 10.1. The second-order valence-corrected chi connectivity index (χ2v) is 7.89. The average Bonchev–Trinajstić information content (AvgIpc) is 3.55. The number of piperidine rings is 1. The van der Waals surface area contributed by atoms with Crippen LogP contribution in [0.5, 0.6) is 0 Å². The fourth-order valence-electron chi connectivity index (χ4n) is 3.38. The van der Waals surface area contributed by atoms with E-state index in [2.05, 4.69) is 35.5 Å². The highest BCUT2D eigenvalue weighted by Gasteiger charge is 2.18. The van der Waals surface area contributed by atoms with Crippen molar-refractivity contribution in [2.75, 3.05) is 23.3 Å². The summed E-state index contributed by atoms with van der Waals surface area (Å²) in [6.45, 7) is 1.88. The Morgan fingerprint density at radius 3 is 2.77 bits per heavy atom. The molecule has 152 valence electrons. The van der Waals surface area contributed by atoms with Gasteiger partial charge in [-0.15, -0.1) is 16.4 Å². The van der Waals surface area contributed by atoms with Gasteiger partial charge in [-0.05, 0) is 31.4 Å². The first-order valence-electron chi connectivity index (χ1n) is 9.81. The van der Waals surface area contributed by atoms with Crippen molar-refractivity contribution in [1.82, 2.24) is 29.9 Å². The van der Waals surface area contributed by atoms with Crippen LogP contribution in [0.4, 0.5) is 11.9 Å². The molecule has 1 saturated heterocycles. The van der Waals surface area contributed by atoms with E-state index in [9.17, 15) is 4.79 Å². The van der Waals surface area contributed by atoms with Gasteiger partial charge in [-0.1, -0.05) is 18.2 Å². The SMILES string of the molecule is O=C(Nc1nc(N2CCCCC2)n[nH]1)c1csc(-c2cnn(-c3ccccc3)c2)n1. The number of carbonyl (C=O) groups excluding carboxylic acids is 1. The molecule has 1 fully saturated rings. The lowest BCUT2D eigenvalue weighted by Gasteiger charge is -2.24. The van der Waals surface area contributed by atoms with Crippen molar-refractivity contribution >= 4 is 29.1 Å². The standard InChI is InChI=1S/C20H20N8OS/c29-17(23-19-24-20(26-25-19)27-9-5-2-6-10-27)16-13-30-18(22-16)14-11-21-28(12-14)15-7-3-1-4-8-15/h1,3-4,7-8,11-13H,2,5-6,9-10H2,(H2,23,24,25,26,29). The van der Waals surface area contributed by atoms with Crippen LogP contribution in [0.15, 0.2) is 48.1 Å². The fourth-order valence-corrected chi connectivity index (χ4v) is 4.16. The highest BCUT2D eigenvalue weighted by atomic mass is 32.1. The van der Waals surface area contributed by atoms with Crippen molar-refractivity contribution in [2.24, 2.45) is 0 Å². The fraction of sp³-hybridized carbons (Fsp3) is 0.250. The molecule has 0 saturated carbocycles. The van der Waals surface area contributed by atoms with Gasteiger partial charge in [-0.3, -0.25) is 10.1 Å². The predicted octanol–water partition coefficient (Wildman–Crippen LogP) is 3.36. The quantitative estimate of drug-likeness (QED) is 0.513. The molecule has 0 aliphatic carbocycles. The Labute approximate surface area is 176 Å². The van der Waals surface area contributed by atoms with Gasteiger partial charge in [-0.2, -0.15) is 10.1 Å². The Balaban J connectivity index is 1.27. The summed E-state index contributed by atoms with van der Waals surface area (Å²) in [7, 11) is 0. The number of nitrogens with zero attached hydrogens (tertiary/aromatic N) is 6. The zero-order valence-electron chi connectivity index (χ0n) is 16.2. The van der Waals surface area contributed by atoms with Gasteiger partial charge in [0.15, 0.2) is 0 Å². The Morgan fingerprint density at radius 2 is 1.93 bits per heavy atom. The molecule has 30 heavy (non-hydrogen) atoms. The molecule has 5 rings (SSSR count). The maximum Gasteiger partial charge on any atom is 0.277 e. The monoisotopic (exact) mass is 420 g/mol. The normalized spacial score (nSPS) is 14.1. The molecule has 0 bridgehead atoms. The number of amides is 1. The topological polar surface area (TPSA) is 105 Å². The highest BCUT2D eigenvalue weighted by Crippen LogP contribution is 2.25. The van der Waals surface area contributed by atoms with Crippen LogP contribution in [0.1, 0.15) is 29.8 Å². The molecule has 1 aliphatic heterocycles. The van der Waals surface area contributed by atoms with Crippen molar-refractivity contribution in [3.05, 3.63) is 53.8 Å². The van der Waals surface area contributed by atoms with Crippen LogP contribution in [-0.4, -0.2) is 48.9 Å². The van der Waals surface area contributed by atoms with Gasteiger partial charge >= 0.3 is 0 Å². The number of hydrogen-bond acceptors (Lipinski definition) is 7. The minimum atomic E-state index is -0.325. The molecular weight excluding hydrogens is 400 g/mol. The maximum absolute atomic E-state index is 12.6. The van der Waals surface area contributed by atoms with E-state index < -0.39 is 0 Å². The van der Waals surface area contributed by atoms with Crippen molar-refractivity contribution in [1.29, 1.82) is 0 Å².